The number of methoxy groups -OCH3 is 1. The van der Waals surface area contributed by atoms with Crippen molar-refractivity contribution >= 4 is 5.96 Å². The van der Waals surface area contributed by atoms with Gasteiger partial charge >= 0.3 is 0 Å². The minimum absolute atomic E-state index is 0.351. The van der Waals surface area contributed by atoms with Crippen LogP contribution in [0.1, 0.15) is 52.4 Å². The van der Waals surface area contributed by atoms with E-state index in [0.717, 1.165) is 58.3 Å². The molecule has 0 spiro atoms. The Bertz CT molecular complexity index is 302. The summed E-state index contributed by atoms with van der Waals surface area (Å²) in [6.07, 6.45) is 7.36. The summed E-state index contributed by atoms with van der Waals surface area (Å²) in [5.74, 6) is 0.932. The molecule has 0 unspecified atom stereocenters. The second kappa shape index (κ2) is 11.7. The van der Waals surface area contributed by atoms with Crippen molar-refractivity contribution in [2.75, 3.05) is 46.6 Å². The molecule has 0 amide bonds. The summed E-state index contributed by atoms with van der Waals surface area (Å²) in [7, 11) is 1.74. The second-order valence-electron chi connectivity index (χ2n) is 6.12. The molecule has 1 rings (SSSR count). The fraction of sp³-hybridized carbons (Fsp3) is 0.941. The van der Waals surface area contributed by atoms with Crippen molar-refractivity contribution in [3.8, 4) is 0 Å². The first kappa shape index (κ1) is 19.2. The lowest BCUT2D eigenvalue weighted by molar-refractivity contribution is 0.107. The zero-order valence-corrected chi connectivity index (χ0v) is 14.7. The Labute approximate surface area is 136 Å². The lowest BCUT2D eigenvalue weighted by Gasteiger charge is -2.27. The lowest BCUT2D eigenvalue weighted by atomic mass is 9.83. The number of aliphatic imine (C=N–C) groups is 1. The van der Waals surface area contributed by atoms with Crippen LogP contribution in [0.15, 0.2) is 4.99 Å². The number of hydrogen-bond donors (Lipinski definition) is 2. The van der Waals surface area contributed by atoms with Crippen LogP contribution >= 0.6 is 0 Å². The van der Waals surface area contributed by atoms with Gasteiger partial charge in [-0.15, -0.1) is 0 Å². The Morgan fingerprint density at radius 1 is 1.14 bits per heavy atom. The molecule has 0 heterocycles. The van der Waals surface area contributed by atoms with Gasteiger partial charge in [0.25, 0.3) is 0 Å². The highest BCUT2D eigenvalue weighted by Crippen LogP contribution is 2.41. The van der Waals surface area contributed by atoms with Crippen molar-refractivity contribution in [3.05, 3.63) is 0 Å². The number of hydrogen-bond acceptors (Lipinski definition) is 3. The molecular weight excluding hydrogens is 278 g/mol. The molecule has 1 saturated carbocycles. The van der Waals surface area contributed by atoms with E-state index in [1.807, 2.05) is 0 Å². The average Bonchev–Trinajstić information content (AvgIpc) is 2.98. The summed E-state index contributed by atoms with van der Waals surface area (Å²) in [6, 6.07) is 0. The zero-order chi connectivity index (χ0) is 16.1. The van der Waals surface area contributed by atoms with Crippen LogP contribution in [0.25, 0.3) is 0 Å². The summed E-state index contributed by atoms with van der Waals surface area (Å²) in [5, 5.41) is 6.73. The van der Waals surface area contributed by atoms with Gasteiger partial charge in [0.2, 0.25) is 0 Å². The summed E-state index contributed by atoms with van der Waals surface area (Å²) in [5.41, 5.74) is 0.351. The summed E-state index contributed by atoms with van der Waals surface area (Å²) < 4.78 is 10.7. The molecule has 130 valence electrons. The van der Waals surface area contributed by atoms with E-state index in [-0.39, 0.29) is 0 Å². The number of nitrogens with one attached hydrogen (secondary N) is 2. The molecule has 5 nitrogen and oxygen atoms in total. The number of guanidine groups is 1. The van der Waals surface area contributed by atoms with Crippen LogP contribution in [0.2, 0.25) is 0 Å². The quantitative estimate of drug-likeness (QED) is 0.350. The maximum atomic E-state index is 5.57. The largest absolute Gasteiger partial charge is 0.385 e. The van der Waals surface area contributed by atoms with E-state index in [1.54, 1.807) is 7.11 Å². The van der Waals surface area contributed by atoms with Gasteiger partial charge in [-0.1, -0.05) is 12.8 Å². The van der Waals surface area contributed by atoms with Crippen LogP contribution in [0, 0.1) is 5.41 Å². The minimum atomic E-state index is 0.351. The molecule has 0 bridgehead atoms. The van der Waals surface area contributed by atoms with Crippen molar-refractivity contribution < 1.29 is 9.47 Å². The number of ether oxygens (including phenoxy) is 2. The second-order valence-corrected chi connectivity index (χ2v) is 6.12. The molecule has 0 atom stereocenters. The number of nitrogens with zero attached hydrogens (tertiary/aromatic N) is 1. The van der Waals surface area contributed by atoms with Crippen LogP contribution in [-0.2, 0) is 9.47 Å². The van der Waals surface area contributed by atoms with Gasteiger partial charge in [0.1, 0.15) is 0 Å². The van der Waals surface area contributed by atoms with E-state index in [0.29, 0.717) is 5.41 Å². The molecule has 22 heavy (non-hydrogen) atoms. The molecule has 0 aromatic carbocycles. The smallest absolute Gasteiger partial charge is 0.191 e. The van der Waals surface area contributed by atoms with E-state index >= 15 is 0 Å². The maximum Gasteiger partial charge on any atom is 0.191 e. The third kappa shape index (κ3) is 7.45. The van der Waals surface area contributed by atoms with Crippen molar-refractivity contribution in [1.82, 2.24) is 10.6 Å². The van der Waals surface area contributed by atoms with Crippen LogP contribution in [0.3, 0.4) is 0 Å². The van der Waals surface area contributed by atoms with E-state index < -0.39 is 0 Å². The van der Waals surface area contributed by atoms with Gasteiger partial charge in [0, 0.05) is 46.6 Å². The summed E-state index contributed by atoms with van der Waals surface area (Å²) in [4.78, 5) is 4.84. The van der Waals surface area contributed by atoms with Gasteiger partial charge in [-0.25, -0.2) is 0 Å². The highest BCUT2D eigenvalue weighted by atomic mass is 16.5. The van der Waals surface area contributed by atoms with Gasteiger partial charge in [-0.05, 0) is 44.9 Å². The van der Waals surface area contributed by atoms with Gasteiger partial charge < -0.3 is 20.1 Å². The molecule has 0 radical (unpaired) electrons. The SMILES string of the molecule is CCNC(=NCC1(CCOCC)CCCC1)NCCCOC. The average molecular weight is 313 g/mol. The highest BCUT2D eigenvalue weighted by Gasteiger charge is 2.33. The number of rotatable bonds is 11. The molecule has 0 saturated heterocycles. The molecule has 1 aliphatic carbocycles. The monoisotopic (exact) mass is 313 g/mol. The fourth-order valence-electron chi connectivity index (χ4n) is 3.06. The Morgan fingerprint density at radius 3 is 2.55 bits per heavy atom. The standard InChI is InChI=1S/C17H35N3O2/c1-4-18-16(19-12-8-13-21-3)20-15-17(9-6-7-10-17)11-14-22-5-2/h4-15H2,1-3H3,(H2,18,19,20). The fourth-order valence-corrected chi connectivity index (χ4v) is 3.06. The Hall–Kier alpha value is -0.810. The lowest BCUT2D eigenvalue weighted by Crippen LogP contribution is -2.39. The predicted molar refractivity (Wildman–Crippen MR) is 92.5 cm³/mol. The van der Waals surface area contributed by atoms with E-state index in [4.69, 9.17) is 14.5 Å². The van der Waals surface area contributed by atoms with E-state index in [2.05, 4.69) is 24.5 Å². The third-order valence-electron chi connectivity index (χ3n) is 4.38. The normalized spacial score (nSPS) is 17.7. The van der Waals surface area contributed by atoms with Crippen LogP contribution < -0.4 is 10.6 Å². The Balaban J connectivity index is 2.48. The van der Waals surface area contributed by atoms with Gasteiger partial charge in [-0.2, -0.15) is 0 Å². The minimum Gasteiger partial charge on any atom is -0.385 e. The van der Waals surface area contributed by atoms with Crippen LogP contribution in [0.5, 0.6) is 0 Å². The van der Waals surface area contributed by atoms with E-state index in [9.17, 15) is 0 Å². The van der Waals surface area contributed by atoms with Gasteiger partial charge in [0.05, 0.1) is 0 Å². The predicted octanol–water partition coefficient (Wildman–Crippen LogP) is 2.57. The molecule has 2 N–H and O–H groups in total. The first-order valence-corrected chi connectivity index (χ1v) is 8.85. The first-order chi connectivity index (χ1) is 10.8. The van der Waals surface area contributed by atoms with Crippen molar-refractivity contribution in [2.24, 2.45) is 10.4 Å². The molecular formula is C17H35N3O2. The molecule has 5 heteroatoms. The zero-order valence-electron chi connectivity index (χ0n) is 14.7. The van der Waals surface area contributed by atoms with E-state index in [1.165, 1.54) is 25.7 Å². The highest BCUT2D eigenvalue weighted by molar-refractivity contribution is 5.79. The maximum absolute atomic E-state index is 5.57. The Morgan fingerprint density at radius 2 is 1.91 bits per heavy atom. The topological polar surface area (TPSA) is 54.9 Å². The van der Waals surface area contributed by atoms with Crippen molar-refractivity contribution in [2.45, 2.75) is 52.4 Å². The Kier molecular flexibility index (Phi) is 10.2. The van der Waals surface area contributed by atoms with Gasteiger partial charge in [-0.3, -0.25) is 4.99 Å². The molecule has 0 aliphatic heterocycles. The molecule has 1 fully saturated rings. The summed E-state index contributed by atoms with van der Waals surface area (Å²) in [6.45, 7) is 9.31. The summed E-state index contributed by atoms with van der Waals surface area (Å²) >= 11 is 0. The first-order valence-electron chi connectivity index (χ1n) is 8.85. The van der Waals surface area contributed by atoms with Crippen molar-refractivity contribution in [3.63, 3.8) is 0 Å². The molecule has 1 aliphatic rings. The molecule has 0 aromatic heterocycles. The van der Waals surface area contributed by atoms with Crippen LogP contribution in [-0.4, -0.2) is 52.5 Å². The molecule has 0 aromatic rings. The van der Waals surface area contributed by atoms with Crippen molar-refractivity contribution in [1.29, 1.82) is 0 Å². The van der Waals surface area contributed by atoms with Crippen LogP contribution in [0.4, 0.5) is 0 Å². The third-order valence-corrected chi connectivity index (χ3v) is 4.38. The van der Waals surface area contributed by atoms with Gasteiger partial charge in [0.15, 0.2) is 5.96 Å².